The summed E-state index contributed by atoms with van der Waals surface area (Å²) in [7, 11) is 1.53. The Morgan fingerprint density at radius 1 is 1.22 bits per heavy atom. The Hall–Kier alpha value is -3.53. The standard InChI is InChI=1S/C22H24F3N5O2/c1-28-30-16(10-26)12-29(11-14-6-17(32-2)3-4-21(14)30)22(31)8-15(27)5-13-7-19(24)20(25)9-18(13)23/h3-4,6-7,9-10,15H,1,5,8,11-12,26-27H2,2H3/b16-10-/t15-/m1/s1. The van der Waals surface area contributed by atoms with Gasteiger partial charge in [0.2, 0.25) is 5.91 Å². The summed E-state index contributed by atoms with van der Waals surface area (Å²) in [6.45, 7) is 3.94. The molecule has 4 N–H and O–H groups in total. The minimum Gasteiger partial charge on any atom is -0.497 e. The van der Waals surface area contributed by atoms with Crippen LogP contribution in [0.4, 0.5) is 18.9 Å². The third kappa shape index (κ3) is 4.86. The van der Waals surface area contributed by atoms with Gasteiger partial charge in [0.1, 0.15) is 11.6 Å². The van der Waals surface area contributed by atoms with Crippen molar-refractivity contribution < 1.29 is 22.7 Å². The van der Waals surface area contributed by atoms with Crippen molar-refractivity contribution in [3.8, 4) is 5.75 Å². The highest BCUT2D eigenvalue weighted by atomic mass is 19.2. The minimum absolute atomic E-state index is 0.0975. The fourth-order valence-corrected chi connectivity index (χ4v) is 3.60. The van der Waals surface area contributed by atoms with Gasteiger partial charge in [-0.05, 0) is 36.2 Å². The quantitative estimate of drug-likeness (QED) is 0.524. The van der Waals surface area contributed by atoms with Gasteiger partial charge in [-0.15, -0.1) is 0 Å². The number of amides is 1. The van der Waals surface area contributed by atoms with Crippen molar-refractivity contribution in [2.45, 2.75) is 25.4 Å². The second kappa shape index (κ2) is 9.73. The maximum Gasteiger partial charge on any atom is 0.224 e. The zero-order valence-corrected chi connectivity index (χ0v) is 17.5. The molecular weight excluding hydrogens is 423 g/mol. The number of benzene rings is 2. The molecule has 2 aromatic carbocycles. The van der Waals surface area contributed by atoms with Crippen molar-refractivity contribution in [1.82, 2.24) is 4.90 Å². The molecule has 10 heteroatoms. The maximum atomic E-state index is 13.9. The molecule has 7 nitrogen and oxygen atoms in total. The highest BCUT2D eigenvalue weighted by Crippen LogP contribution is 2.32. The molecule has 0 unspecified atom stereocenters. The number of carbonyl (C=O) groups excluding carboxylic acids is 1. The monoisotopic (exact) mass is 447 g/mol. The second-order valence-corrected chi connectivity index (χ2v) is 7.38. The summed E-state index contributed by atoms with van der Waals surface area (Å²) in [4.78, 5) is 14.6. The highest BCUT2D eigenvalue weighted by molar-refractivity contribution is 5.78. The van der Waals surface area contributed by atoms with E-state index in [9.17, 15) is 18.0 Å². The SMILES string of the molecule is C=NN1/C(=C\N)CN(C(=O)C[C@H](N)Cc2cc(F)c(F)cc2F)Cc2cc(OC)ccc21. The zero-order valence-electron chi connectivity index (χ0n) is 17.5. The van der Waals surface area contributed by atoms with Crippen molar-refractivity contribution in [3.63, 3.8) is 0 Å². The number of fused-ring (bicyclic) bond motifs is 1. The predicted octanol–water partition coefficient (Wildman–Crippen LogP) is 2.64. The first-order chi connectivity index (χ1) is 15.3. The Balaban J connectivity index is 1.81. The molecule has 0 spiro atoms. The predicted molar refractivity (Wildman–Crippen MR) is 115 cm³/mol. The van der Waals surface area contributed by atoms with Crippen LogP contribution in [0, 0.1) is 17.5 Å². The highest BCUT2D eigenvalue weighted by Gasteiger charge is 2.27. The lowest BCUT2D eigenvalue weighted by molar-refractivity contribution is -0.131. The largest absolute Gasteiger partial charge is 0.497 e. The molecule has 1 atom stereocenters. The first kappa shape index (κ1) is 23.1. The lowest BCUT2D eigenvalue weighted by atomic mass is 10.0. The fraction of sp³-hybridized carbons (Fsp3) is 0.273. The normalized spacial score (nSPS) is 15.8. The van der Waals surface area contributed by atoms with Crippen LogP contribution in [0.3, 0.4) is 0 Å². The summed E-state index contributed by atoms with van der Waals surface area (Å²) in [5, 5.41) is 5.56. The molecule has 1 amide bonds. The van der Waals surface area contributed by atoms with Gasteiger partial charge in [-0.1, -0.05) is 0 Å². The lowest BCUT2D eigenvalue weighted by Crippen LogP contribution is -2.38. The van der Waals surface area contributed by atoms with E-state index in [2.05, 4.69) is 11.8 Å². The van der Waals surface area contributed by atoms with Crippen LogP contribution in [-0.4, -0.2) is 37.2 Å². The smallest absolute Gasteiger partial charge is 0.224 e. The van der Waals surface area contributed by atoms with E-state index in [1.54, 1.807) is 23.2 Å². The van der Waals surface area contributed by atoms with Gasteiger partial charge in [0.15, 0.2) is 11.6 Å². The number of hydrazone groups is 1. The van der Waals surface area contributed by atoms with Gasteiger partial charge in [0.05, 0.1) is 25.0 Å². The number of carbonyl (C=O) groups is 1. The van der Waals surface area contributed by atoms with Crippen LogP contribution in [-0.2, 0) is 17.8 Å². The molecular formula is C22H24F3N5O2. The number of methoxy groups -OCH3 is 1. The van der Waals surface area contributed by atoms with Crippen molar-refractivity contribution in [1.29, 1.82) is 0 Å². The van der Waals surface area contributed by atoms with E-state index in [-0.39, 0.29) is 37.4 Å². The third-order valence-electron chi connectivity index (χ3n) is 5.20. The summed E-state index contributed by atoms with van der Waals surface area (Å²) in [6, 6.07) is 5.74. The Labute approximate surface area is 183 Å². The number of anilines is 1. The molecule has 170 valence electrons. The van der Waals surface area contributed by atoms with Crippen LogP contribution in [0.1, 0.15) is 17.5 Å². The summed E-state index contributed by atoms with van der Waals surface area (Å²) in [6.07, 6.45) is 1.06. The van der Waals surface area contributed by atoms with Crippen molar-refractivity contribution in [2.75, 3.05) is 18.7 Å². The molecule has 0 bridgehead atoms. The molecule has 0 fully saturated rings. The average Bonchev–Trinajstić information content (AvgIpc) is 2.92. The number of nitrogens with two attached hydrogens (primary N) is 2. The molecule has 0 aliphatic carbocycles. The first-order valence-corrected chi connectivity index (χ1v) is 9.78. The van der Waals surface area contributed by atoms with E-state index in [1.807, 2.05) is 0 Å². The van der Waals surface area contributed by atoms with Crippen LogP contribution in [0.5, 0.6) is 5.75 Å². The molecule has 2 aromatic rings. The van der Waals surface area contributed by atoms with Crippen LogP contribution in [0.25, 0.3) is 0 Å². The summed E-state index contributed by atoms with van der Waals surface area (Å²) < 4.78 is 45.8. The van der Waals surface area contributed by atoms with Gasteiger partial charge >= 0.3 is 0 Å². The summed E-state index contributed by atoms with van der Waals surface area (Å²) in [5.74, 6) is -3.09. The molecule has 32 heavy (non-hydrogen) atoms. The van der Waals surface area contributed by atoms with Crippen LogP contribution < -0.4 is 21.2 Å². The van der Waals surface area contributed by atoms with Crippen LogP contribution >= 0.6 is 0 Å². The van der Waals surface area contributed by atoms with E-state index < -0.39 is 23.5 Å². The van der Waals surface area contributed by atoms with Gasteiger partial charge in [-0.25, -0.2) is 18.2 Å². The number of hydrogen-bond acceptors (Lipinski definition) is 6. The van der Waals surface area contributed by atoms with Gasteiger partial charge in [-0.2, -0.15) is 5.10 Å². The Kier molecular flexibility index (Phi) is 7.04. The van der Waals surface area contributed by atoms with E-state index in [0.29, 0.717) is 23.2 Å². The Bertz CT molecular complexity index is 1060. The molecule has 0 saturated carbocycles. The van der Waals surface area contributed by atoms with Crippen molar-refractivity contribution >= 4 is 18.3 Å². The average molecular weight is 447 g/mol. The molecule has 0 saturated heterocycles. The van der Waals surface area contributed by atoms with Gasteiger partial charge in [-0.3, -0.25) is 4.79 Å². The van der Waals surface area contributed by atoms with E-state index in [0.717, 1.165) is 11.6 Å². The number of nitrogens with zero attached hydrogens (tertiary/aromatic N) is 3. The Morgan fingerprint density at radius 2 is 1.94 bits per heavy atom. The molecule has 1 heterocycles. The van der Waals surface area contributed by atoms with E-state index in [1.165, 1.54) is 18.2 Å². The maximum absolute atomic E-state index is 13.9. The molecule has 0 radical (unpaired) electrons. The number of hydrogen-bond donors (Lipinski definition) is 2. The van der Waals surface area contributed by atoms with Crippen LogP contribution in [0.15, 0.2) is 47.3 Å². The third-order valence-corrected chi connectivity index (χ3v) is 5.20. The zero-order chi connectivity index (χ0) is 23.4. The number of rotatable bonds is 6. The lowest BCUT2D eigenvalue weighted by Gasteiger charge is -2.24. The van der Waals surface area contributed by atoms with Crippen molar-refractivity contribution in [3.05, 3.63) is 70.8 Å². The summed E-state index contributed by atoms with van der Waals surface area (Å²) >= 11 is 0. The topological polar surface area (TPSA) is 97.2 Å². The van der Waals surface area contributed by atoms with Gasteiger partial charge < -0.3 is 21.1 Å². The molecule has 1 aliphatic heterocycles. The van der Waals surface area contributed by atoms with Crippen molar-refractivity contribution in [2.24, 2.45) is 16.6 Å². The molecule has 0 aromatic heterocycles. The van der Waals surface area contributed by atoms with Crippen LogP contribution in [0.2, 0.25) is 0 Å². The second-order valence-electron chi connectivity index (χ2n) is 7.38. The van der Waals surface area contributed by atoms with Gasteiger partial charge in [0.25, 0.3) is 0 Å². The minimum atomic E-state index is -1.28. The Morgan fingerprint density at radius 3 is 2.59 bits per heavy atom. The molecule has 1 aliphatic rings. The van der Waals surface area contributed by atoms with E-state index >= 15 is 0 Å². The van der Waals surface area contributed by atoms with E-state index in [4.69, 9.17) is 16.2 Å². The number of halogens is 3. The fourth-order valence-electron chi connectivity index (χ4n) is 3.60. The summed E-state index contributed by atoms with van der Waals surface area (Å²) in [5.41, 5.74) is 13.7. The van der Waals surface area contributed by atoms with Gasteiger partial charge in [0, 0.05) is 43.6 Å². The first-order valence-electron chi connectivity index (χ1n) is 9.78. The molecule has 3 rings (SSSR count). The number of ether oxygens (including phenoxy) is 1.